The number of phenolic OH excluding ortho intramolecular Hbond substituents is 1. The Bertz CT molecular complexity index is 919. The largest absolute Gasteiger partial charge is 0.508 e. The van der Waals surface area contributed by atoms with Crippen molar-refractivity contribution in [1.82, 2.24) is 14.8 Å². The second-order valence-electron chi connectivity index (χ2n) is 7.30. The molecule has 0 radical (unpaired) electrons. The van der Waals surface area contributed by atoms with E-state index in [4.69, 9.17) is 4.74 Å². The van der Waals surface area contributed by atoms with Gasteiger partial charge in [0.15, 0.2) is 11.0 Å². The Morgan fingerprint density at radius 1 is 1.00 bits per heavy atom. The van der Waals surface area contributed by atoms with E-state index >= 15 is 0 Å². The maximum Gasteiger partial charge on any atom is 0.196 e. The Morgan fingerprint density at radius 3 is 2.41 bits per heavy atom. The van der Waals surface area contributed by atoms with E-state index in [1.807, 2.05) is 36.4 Å². The topological polar surface area (TPSA) is 64.6 Å². The molecule has 7 heteroatoms. The predicted molar refractivity (Wildman–Crippen MR) is 115 cm³/mol. The van der Waals surface area contributed by atoms with Gasteiger partial charge in [-0.15, -0.1) is 10.2 Å². The first-order chi connectivity index (χ1) is 14.2. The van der Waals surface area contributed by atoms with Gasteiger partial charge >= 0.3 is 0 Å². The van der Waals surface area contributed by atoms with Crippen LogP contribution in [0, 0.1) is 0 Å². The molecule has 0 spiro atoms. The van der Waals surface area contributed by atoms with Crippen molar-refractivity contribution in [2.45, 2.75) is 24.4 Å². The van der Waals surface area contributed by atoms with E-state index in [1.54, 1.807) is 35.9 Å². The molecule has 3 aromatic rings. The first kappa shape index (κ1) is 19.8. The van der Waals surface area contributed by atoms with E-state index in [0.717, 1.165) is 40.3 Å². The Kier molecular flexibility index (Phi) is 6.36. The van der Waals surface area contributed by atoms with Gasteiger partial charge in [-0.05, 0) is 67.8 Å². The zero-order valence-electron chi connectivity index (χ0n) is 16.7. The zero-order valence-corrected chi connectivity index (χ0v) is 17.5. The lowest BCUT2D eigenvalue weighted by Crippen LogP contribution is -3.13. The number of benzene rings is 2. The highest BCUT2D eigenvalue weighted by molar-refractivity contribution is 7.99. The first-order valence-corrected chi connectivity index (χ1v) is 11.1. The molecule has 1 fully saturated rings. The van der Waals surface area contributed by atoms with Crippen LogP contribution in [0.15, 0.2) is 53.7 Å². The normalized spacial score (nSPS) is 14.8. The minimum absolute atomic E-state index is 0.239. The molecule has 2 aromatic carbocycles. The van der Waals surface area contributed by atoms with E-state index in [0.29, 0.717) is 0 Å². The van der Waals surface area contributed by atoms with E-state index in [2.05, 4.69) is 14.8 Å². The van der Waals surface area contributed by atoms with Crippen LogP contribution in [-0.4, -0.2) is 52.4 Å². The van der Waals surface area contributed by atoms with Crippen LogP contribution in [0.4, 0.5) is 0 Å². The number of likely N-dealkylation sites (tertiary alicyclic amines) is 1. The number of nitrogens with one attached hydrogen (secondary N) is 1. The van der Waals surface area contributed by atoms with Gasteiger partial charge in [-0.2, -0.15) is 0 Å². The van der Waals surface area contributed by atoms with Crippen molar-refractivity contribution in [3.05, 3.63) is 48.5 Å². The molecule has 0 aliphatic carbocycles. The van der Waals surface area contributed by atoms with Gasteiger partial charge in [0, 0.05) is 11.3 Å². The highest BCUT2D eigenvalue weighted by Gasteiger charge is 2.18. The number of hydrogen-bond acceptors (Lipinski definition) is 5. The third kappa shape index (κ3) is 4.74. The summed E-state index contributed by atoms with van der Waals surface area (Å²) in [5.74, 6) is 2.83. The number of aromatic nitrogens is 3. The minimum Gasteiger partial charge on any atom is -0.508 e. The summed E-state index contributed by atoms with van der Waals surface area (Å²) in [6.45, 7) is 3.71. The summed E-state index contributed by atoms with van der Waals surface area (Å²) < 4.78 is 7.39. The monoisotopic (exact) mass is 411 g/mol. The first-order valence-electron chi connectivity index (χ1n) is 10.1. The second kappa shape index (κ2) is 9.33. The van der Waals surface area contributed by atoms with Gasteiger partial charge in [-0.3, -0.25) is 4.57 Å². The van der Waals surface area contributed by atoms with Crippen molar-refractivity contribution >= 4 is 11.8 Å². The van der Waals surface area contributed by atoms with Crippen LogP contribution < -0.4 is 9.64 Å². The lowest BCUT2D eigenvalue weighted by atomic mass is 10.1. The molecule has 2 N–H and O–H groups in total. The van der Waals surface area contributed by atoms with Gasteiger partial charge in [0.05, 0.1) is 32.5 Å². The summed E-state index contributed by atoms with van der Waals surface area (Å²) in [6.07, 6.45) is 4.05. The van der Waals surface area contributed by atoms with Crippen molar-refractivity contribution in [3.63, 3.8) is 0 Å². The summed E-state index contributed by atoms with van der Waals surface area (Å²) >= 11 is 1.75. The summed E-state index contributed by atoms with van der Waals surface area (Å²) in [4.78, 5) is 1.69. The molecule has 0 saturated carbocycles. The van der Waals surface area contributed by atoms with Crippen molar-refractivity contribution in [3.8, 4) is 28.6 Å². The molecular weight excluding hydrogens is 384 g/mol. The van der Waals surface area contributed by atoms with E-state index < -0.39 is 0 Å². The van der Waals surface area contributed by atoms with Gasteiger partial charge in [0.1, 0.15) is 11.5 Å². The molecule has 1 aliphatic heterocycles. The van der Waals surface area contributed by atoms with E-state index in [-0.39, 0.29) is 5.75 Å². The third-order valence-corrected chi connectivity index (χ3v) is 6.27. The van der Waals surface area contributed by atoms with Crippen LogP contribution in [0.25, 0.3) is 17.1 Å². The number of piperidine rings is 1. The van der Waals surface area contributed by atoms with Crippen molar-refractivity contribution in [1.29, 1.82) is 0 Å². The number of thioether (sulfide) groups is 1. The molecule has 152 valence electrons. The highest BCUT2D eigenvalue weighted by atomic mass is 32.2. The highest BCUT2D eigenvalue weighted by Crippen LogP contribution is 2.29. The van der Waals surface area contributed by atoms with Crippen LogP contribution in [0.3, 0.4) is 0 Å². The lowest BCUT2D eigenvalue weighted by Gasteiger charge is -2.23. The maximum absolute atomic E-state index is 9.63. The number of nitrogens with zero attached hydrogens (tertiary/aromatic N) is 3. The van der Waals surface area contributed by atoms with E-state index in [1.165, 1.54) is 32.4 Å². The molecule has 1 aliphatic rings. The maximum atomic E-state index is 9.63. The van der Waals surface area contributed by atoms with E-state index in [9.17, 15) is 5.11 Å². The fraction of sp³-hybridized carbons (Fsp3) is 0.364. The quantitative estimate of drug-likeness (QED) is 0.586. The number of phenols is 1. The smallest absolute Gasteiger partial charge is 0.196 e. The number of methoxy groups -OCH3 is 1. The third-order valence-electron chi connectivity index (χ3n) is 5.34. The number of quaternary nitrogens is 1. The standard InChI is InChI=1S/C22H26N4O2S/c1-28-20-11-7-18(8-12-20)26-21(17-5-9-19(27)10-6-17)23-24-22(26)29-16-15-25-13-3-2-4-14-25/h5-12,27H,2-4,13-16H2,1H3/p+1. The molecular formula is C22H27N4O2S+. The predicted octanol–water partition coefficient (Wildman–Crippen LogP) is 2.81. The average molecular weight is 412 g/mol. The zero-order chi connectivity index (χ0) is 20.1. The summed E-state index contributed by atoms with van der Waals surface area (Å²) in [7, 11) is 1.67. The molecule has 29 heavy (non-hydrogen) atoms. The van der Waals surface area contributed by atoms with Crippen LogP contribution >= 0.6 is 11.8 Å². The fourth-order valence-corrected chi connectivity index (χ4v) is 4.71. The molecule has 6 nitrogen and oxygen atoms in total. The fourth-order valence-electron chi connectivity index (χ4n) is 3.71. The van der Waals surface area contributed by atoms with Crippen LogP contribution in [-0.2, 0) is 0 Å². The molecule has 1 aromatic heterocycles. The SMILES string of the molecule is COc1ccc(-n2c(SCC[NH+]3CCCCC3)nnc2-c2ccc(O)cc2)cc1. The molecule has 0 atom stereocenters. The summed E-state index contributed by atoms with van der Waals surface area (Å²) in [5.41, 5.74) is 1.91. The van der Waals surface area contributed by atoms with Crippen molar-refractivity contribution in [2.75, 3.05) is 32.5 Å². The van der Waals surface area contributed by atoms with Gasteiger partial charge < -0.3 is 14.7 Å². The number of hydrogen-bond donors (Lipinski definition) is 2. The molecule has 0 amide bonds. The molecule has 0 bridgehead atoms. The Labute approximate surface area is 175 Å². The van der Waals surface area contributed by atoms with Gasteiger partial charge in [-0.1, -0.05) is 11.8 Å². The number of ether oxygens (including phenoxy) is 1. The van der Waals surface area contributed by atoms with Crippen LogP contribution in [0.1, 0.15) is 19.3 Å². The van der Waals surface area contributed by atoms with Crippen molar-refractivity contribution in [2.24, 2.45) is 0 Å². The number of aromatic hydroxyl groups is 1. The molecule has 1 saturated heterocycles. The minimum atomic E-state index is 0.239. The van der Waals surface area contributed by atoms with Gasteiger partial charge in [-0.25, -0.2) is 0 Å². The Morgan fingerprint density at radius 2 is 1.72 bits per heavy atom. The molecule has 0 unspecified atom stereocenters. The molecule has 4 rings (SSSR count). The Balaban J connectivity index is 1.60. The van der Waals surface area contributed by atoms with Gasteiger partial charge in [0.2, 0.25) is 0 Å². The second-order valence-corrected chi connectivity index (χ2v) is 8.36. The van der Waals surface area contributed by atoms with Gasteiger partial charge in [0.25, 0.3) is 0 Å². The Hall–Kier alpha value is -2.51. The summed E-state index contributed by atoms with van der Waals surface area (Å²) in [6, 6.07) is 15.0. The molecule has 2 heterocycles. The summed E-state index contributed by atoms with van der Waals surface area (Å²) in [5, 5.41) is 19.5. The van der Waals surface area contributed by atoms with Crippen LogP contribution in [0.5, 0.6) is 11.5 Å². The lowest BCUT2D eigenvalue weighted by molar-refractivity contribution is -0.902. The van der Waals surface area contributed by atoms with Crippen LogP contribution in [0.2, 0.25) is 0 Å². The van der Waals surface area contributed by atoms with Crippen molar-refractivity contribution < 1.29 is 14.7 Å². The number of rotatable bonds is 7. The average Bonchev–Trinajstić information content (AvgIpc) is 3.19.